The first-order chi connectivity index (χ1) is 14.1. The number of hydrogen-bond acceptors (Lipinski definition) is 6. The van der Waals surface area contributed by atoms with Gasteiger partial charge in [-0.15, -0.1) is 0 Å². The summed E-state index contributed by atoms with van der Waals surface area (Å²) in [5.74, 6) is 0.833. The molecule has 0 atom stereocenters. The quantitative estimate of drug-likeness (QED) is 0.606. The zero-order valence-corrected chi connectivity index (χ0v) is 16.1. The Hall–Kier alpha value is -3.68. The van der Waals surface area contributed by atoms with Gasteiger partial charge < -0.3 is 20.1 Å². The molecule has 1 heterocycles. The molecule has 0 saturated heterocycles. The number of carbonyl (C=O) groups is 1. The molecule has 29 heavy (non-hydrogen) atoms. The molecule has 2 aromatic carbocycles. The van der Waals surface area contributed by atoms with Crippen LogP contribution in [0.25, 0.3) is 0 Å². The molecule has 0 aliphatic rings. The molecular formula is C21H21FN4O3. The van der Waals surface area contributed by atoms with E-state index in [1.807, 2.05) is 0 Å². The molecule has 0 bridgehead atoms. The Balaban J connectivity index is 1.60. The minimum Gasteiger partial charge on any atom is -0.497 e. The number of carbonyl (C=O) groups excluding carboxylic acids is 1. The number of ether oxygens (including phenoxy) is 2. The molecule has 0 fully saturated rings. The van der Waals surface area contributed by atoms with Crippen LogP contribution in [0.3, 0.4) is 0 Å². The van der Waals surface area contributed by atoms with Crippen molar-refractivity contribution in [1.29, 1.82) is 0 Å². The predicted molar refractivity (Wildman–Crippen MR) is 108 cm³/mol. The van der Waals surface area contributed by atoms with E-state index < -0.39 is 0 Å². The van der Waals surface area contributed by atoms with Crippen molar-refractivity contribution < 1.29 is 18.7 Å². The lowest BCUT2D eigenvalue weighted by atomic mass is 10.1. The fourth-order valence-electron chi connectivity index (χ4n) is 2.65. The van der Waals surface area contributed by atoms with Crippen LogP contribution in [0.5, 0.6) is 11.5 Å². The van der Waals surface area contributed by atoms with Crippen LogP contribution in [0, 0.1) is 5.82 Å². The van der Waals surface area contributed by atoms with Crippen LogP contribution in [0.4, 0.5) is 16.0 Å². The van der Waals surface area contributed by atoms with E-state index in [0.717, 1.165) is 0 Å². The zero-order valence-electron chi connectivity index (χ0n) is 16.1. The normalized spacial score (nSPS) is 10.3. The van der Waals surface area contributed by atoms with Crippen LogP contribution in [-0.4, -0.2) is 36.6 Å². The van der Waals surface area contributed by atoms with Gasteiger partial charge >= 0.3 is 0 Å². The molecule has 0 unspecified atom stereocenters. The molecule has 3 aromatic rings. The Bertz CT molecular complexity index is 980. The number of halogens is 1. The van der Waals surface area contributed by atoms with Crippen molar-refractivity contribution in [3.05, 3.63) is 71.8 Å². The Morgan fingerprint density at radius 3 is 2.52 bits per heavy atom. The molecule has 0 aliphatic heterocycles. The zero-order chi connectivity index (χ0) is 20.6. The van der Waals surface area contributed by atoms with E-state index in [9.17, 15) is 9.18 Å². The van der Waals surface area contributed by atoms with Crippen molar-refractivity contribution in [1.82, 2.24) is 9.97 Å². The van der Waals surface area contributed by atoms with Gasteiger partial charge in [-0.1, -0.05) is 18.2 Å². The lowest BCUT2D eigenvalue weighted by Crippen LogP contribution is -2.15. The van der Waals surface area contributed by atoms with E-state index in [4.69, 9.17) is 9.47 Å². The fraction of sp³-hybridized carbons (Fsp3) is 0.190. The third-order valence-corrected chi connectivity index (χ3v) is 4.20. The number of nitrogens with one attached hydrogen (secondary N) is 2. The number of benzene rings is 2. The van der Waals surface area contributed by atoms with Crippen LogP contribution in [0.15, 0.2) is 54.9 Å². The number of rotatable bonds is 8. The minimum absolute atomic E-state index is 0.241. The van der Waals surface area contributed by atoms with Crippen molar-refractivity contribution >= 4 is 17.5 Å². The third-order valence-electron chi connectivity index (χ3n) is 4.20. The van der Waals surface area contributed by atoms with Crippen LogP contribution in [-0.2, 0) is 6.42 Å². The smallest absolute Gasteiger partial charge is 0.258 e. The molecule has 8 heteroatoms. The number of methoxy groups -OCH3 is 2. The molecule has 7 nitrogen and oxygen atoms in total. The van der Waals surface area contributed by atoms with Gasteiger partial charge in [0.2, 0.25) is 5.95 Å². The van der Waals surface area contributed by atoms with Gasteiger partial charge in [0, 0.05) is 25.0 Å². The topological polar surface area (TPSA) is 85.4 Å². The Morgan fingerprint density at radius 2 is 1.83 bits per heavy atom. The second-order valence-corrected chi connectivity index (χ2v) is 6.08. The Labute approximate surface area is 167 Å². The summed E-state index contributed by atoms with van der Waals surface area (Å²) in [5, 5.41) is 5.77. The summed E-state index contributed by atoms with van der Waals surface area (Å²) in [4.78, 5) is 20.8. The summed E-state index contributed by atoms with van der Waals surface area (Å²) in [6.45, 7) is 0.466. The molecular weight excluding hydrogens is 375 g/mol. The third kappa shape index (κ3) is 5.19. The summed E-state index contributed by atoms with van der Waals surface area (Å²) in [6, 6.07) is 11.7. The van der Waals surface area contributed by atoms with Crippen LogP contribution in [0.1, 0.15) is 15.9 Å². The van der Waals surface area contributed by atoms with Gasteiger partial charge in [0.1, 0.15) is 17.3 Å². The molecule has 150 valence electrons. The summed E-state index contributed by atoms with van der Waals surface area (Å²) in [6.07, 6.45) is 3.33. The lowest BCUT2D eigenvalue weighted by Gasteiger charge is -2.12. The average Bonchev–Trinajstić information content (AvgIpc) is 2.75. The van der Waals surface area contributed by atoms with E-state index >= 15 is 0 Å². The number of hydrogen-bond donors (Lipinski definition) is 2. The molecule has 1 amide bonds. The average molecular weight is 396 g/mol. The summed E-state index contributed by atoms with van der Waals surface area (Å²) in [7, 11) is 3.06. The van der Waals surface area contributed by atoms with Gasteiger partial charge in [0.05, 0.1) is 25.5 Å². The maximum Gasteiger partial charge on any atom is 0.258 e. The molecule has 3 rings (SSSR count). The van der Waals surface area contributed by atoms with Gasteiger partial charge in [0.25, 0.3) is 5.91 Å². The first-order valence-electron chi connectivity index (χ1n) is 8.93. The maximum atomic E-state index is 13.6. The Morgan fingerprint density at radius 1 is 1.07 bits per heavy atom. The highest BCUT2D eigenvalue weighted by Gasteiger charge is 2.12. The molecule has 0 saturated carbocycles. The number of anilines is 2. The predicted octanol–water partition coefficient (Wildman–Crippen LogP) is 3.54. The first-order valence-corrected chi connectivity index (χ1v) is 8.93. The maximum absolute atomic E-state index is 13.6. The second kappa shape index (κ2) is 9.50. The molecule has 1 aromatic heterocycles. The lowest BCUT2D eigenvalue weighted by molar-refractivity contribution is 0.102. The summed E-state index contributed by atoms with van der Waals surface area (Å²) >= 11 is 0. The Kier molecular flexibility index (Phi) is 6.57. The van der Waals surface area contributed by atoms with Gasteiger partial charge in [0.15, 0.2) is 0 Å². The van der Waals surface area contributed by atoms with Gasteiger partial charge in [-0.05, 0) is 30.2 Å². The highest BCUT2D eigenvalue weighted by atomic mass is 19.1. The van der Waals surface area contributed by atoms with E-state index in [-0.39, 0.29) is 17.3 Å². The molecule has 0 aliphatic carbocycles. The highest BCUT2D eigenvalue weighted by Crippen LogP contribution is 2.29. The van der Waals surface area contributed by atoms with Crippen molar-refractivity contribution in [2.75, 3.05) is 31.4 Å². The van der Waals surface area contributed by atoms with Crippen molar-refractivity contribution in [2.24, 2.45) is 0 Å². The monoisotopic (exact) mass is 396 g/mol. The second-order valence-electron chi connectivity index (χ2n) is 6.08. The van der Waals surface area contributed by atoms with E-state index in [2.05, 4.69) is 20.6 Å². The van der Waals surface area contributed by atoms with Gasteiger partial charge in [-0.3, -0.25) is 4.79 Å². The van der Waals surface area contributed by atoms with Gasteiger partial charge in [-0.2, -0.15) is 0 Å². The fourth-order valence-corrected chi connectivity index (χ4v) is 2.65. The molecule has 0 radical (unpaired) electrons. The van der Waals surface area contributed by atoms with Crippen molar-refractivity contribution in [3.63, 3.8) is 0 Å². The highest BCUT2D eigenvalue weighted by molar-refractivity contribution is 6.04. The standard InChI is InChI=1S/C21H21FN4O3/c1-28-16-7-8-19(29-2)18(11-16)26-20(27)15-12-24-21(25-13-15)23-10-9-14-5-3-4-6-17(14)22/h3-8,11-13H,9-10H2,1-2H3,(H,26,27)(H,23,24,25). The number of aromatic nitrogens is 2. The largest absolute Gasteiger partial charge is 0.497 e. The minimum atomic E-state index is -0.380. The van der Waals surface area contributed by atoms with Crippen LogP contribution in [0.2, 0.25) is 0 Å². The van der Waals surface area contributed by atoms with Crippen LogP contribution >= 0.6 is 0 Å². The molecule has 2 N–H and O–H groups in total. The van der Waals surface area contributed by atoms with E-state index in [0.29, 0.717) is 41.7 Å². The molecule has 0 spiro atoms. The van der Waals surface area contributed by atoms with Gasteiger partial charge in [-0.25, -0.2) is 14.4 Å². The summed E-state index contributed by atoms with van der Waals surface area (Å²) < 4.78 is 24.0. The van der Waals surface area contributed by atoms with Crippen molar-refractivity contribution in [3.8, 4) is 11.5 Å². The first kappa shape index (κ1) is 20.1. The summed E-state index contributed by atoms with van der Waals surface area (Å²) in [5.41, 5.74) is 1.38. The number of amides is 1. The SMILES string of the molecule is COc1ccc(OC)c(NC(=O)c2cnc(NCCc3ccccc3F)nc2)c1. The van der Waals surface area contributed by atoms with Crippen molar-refractivity contribution in [2.45, 2.75) is 6.42 Å². The number of nitrogens with zero attached hydrogens (tertiary/aromatic N) is 2. The van der Waals surface area contributed by atoms with Crippen LogP contribution < -0.4 is 20.1 Å². The van der Waals surface area contributed by atoms with E-state index in [1.165, 1.54) is 25.6 Å². The van der Waals surface area contributed by atoms with E-state index in [1.54, 1.807) is 43.5 Å².